The lowest BCUT2D eigenvalue weighted by atomic mass is 10.1. The molecule has 0 spiro atoms. The Morgan fingerprint density at radius 2 is 1.65 bits per heavy atom. The third-order valence-corrected chi connectivity index (χ3v) is 4.63. The smallest absolute Gasteiger partial charge is 0.261 e. The molecule has 0 fully saturated rings. The highest BCUT2D eigenvalue weighted by atomic mass is 16.2. The van der Waals surface area contributed by atoms with Crippen molar-refractivity contribution in [1.29, 1.82) is 0 Å². The molecule has 1 aromatic heterocycles. The van der Waals surface area contributed by atoms with Gasteiger partial charge in [0.25, 0.3) is 5.91 Å². The second-order valence-corrected chi connectivity index (χ2v) is 6.88. The van der Waals surface area contributed by atoms with Crippen LogP contribution in [0.1, 0.15) is 38.8 Å². The van der Waals surface area contributed by atoms with Gasteiger partial charge in [0.1, 0.15) is 12.0 Å². The number of amides is 1. The van der Waals surface area contributed by atoms with Crippen LogP contribution in [0.4, 0.5) is 11.5 Å². The molecule has 0 aliphatic carbocycles. The molecule has 130 valence electrons. The summed E-state index contributed by atoms with van der Waals surface area (Å²) in [5, 5.41) is 3.54. The molecule has 2 heterocycles. The first-order chi connectivity index (χ1) is 12.5. The summed E-state index contributed by atoms with van der Waals surface area (Å²) < 4.78 is 0. The second kappa shape index (κ2) is 6.30. The molecule has 3 aromatic rings. The van der Waals surface area contributed by atoms with Crippen molar-refractivity contribution in [2.75, 3.05) is 10.2 Å². The Balaban J connectivity index is 1.79. The van der Waals surface area contributed by atoms with Crippen molar-refractivity contribution in [3.8, 4) is 0 Å². The molecule has 0 radical (unpaired) electrons. The summed E-state index contributed by atoms with van der Waals surface area (Å²) in [5.74, 6) is 0.623. The average molecular weight is 343 g/mol. The van der Waals surface area contributed by atoms with Gasteiger partial charge >= 0.3 is 0 Å². The maximum atomic E-state index is 13.1. The maximum absolute atomic E-state index is 13.1. The number of rotatable bonds is 3. The second-order valence-electron chi connectivity index (χ2n) is 6.88. The highest BCUT2D eigenvalue weighted by molar-refractivity contribution is 6.11. The lowest BCUT2D eigenvalue weighted by molar-refractivity contribution is 0.0992. The third kappa shape index (κ3) is 2.84. The molecule has 1 unspecified atom stereocenters. The molecule has 0 saturated carbocycles. The van der Waals surface area contributed by atoms with Crippen molar-refractivity contribution in [2.45, 2.75) is 26.9 Å². The summed E-state index contributed by atoms with van der Waals surface area (Å²) in [6, 6.07) is 18.0. The fourth-order valence-electron chi connectivity index (χ4n) is 3.51. The third-order valence-electron chi connectivity index (χ3n) is 4.63. The first-order valence-corrected chi connectivity index (χ1v) is 8.73. The van der Waals surface area contributed by atoms with E-state index in [9.17, 15) is 4.79 Å². The predicted molar refractivity (Wildman–Crippen MR) is 105 cm³/mol. The summed E-state index contributed by atoms with van der Waals surface area (Å²) in [5.41, 5.74) is 6.12. The van der Waals surface area contributed by atoms with E-state index in [1.807, 2.05) is 43.3 Å². The van der Waals surface area contributed by atoms with Crippen LogP contribution in [-0.4, -0.2) is 10.9 Å². The molecule has 0 saturated heterocycles. The molecule has 4 heteroatoms. The van der Waals surface area contributed by atoms with Gasteiger partial charge in [-0.05, 0) is 61.7 Å². The van der Waals surface area contributed by atoms with Gasteiger partial charge in [-0.15, -0.1) is 0 Å². The van der Waals surface area contributed by atoms with E-state index in [2.05, 4.69) is 42.3 Å². The highest BCUT2D eigenvalue weighted by Gasteiger charge is 2.38. The Morgan fingerprint density at radius 1 is 0.923 bits per heavy atom. The van der Waals surface area contributed by atoms with Crippen molar-refractivity contribution >= 4 is 17.4 Å². The van der Waals surface area contributed by atoms with Gasteiger partial charge < -0.3 is 5.32 Å². The Kier molecular flexibility index (Phi) is 3.96. The number of carbonyl (C=O) groups is 1. The maximum Gasteiger partial charge on any atom is 0.261 e. The Morgan fingerprint density at radius 3 is 2.35 bits per heavy atom. The molecular formula is C22H21N3O. The Bertz CT molecular complexity index is 959. The van der Waals surface area contributed by atoms with Gasteiger partial charge in [0, 0.05) is 23.0 Å². The Labute approximate surface area is 153 Å². The number of aryl methyl sites for hydroxylation is 3. The first-order valence-electron chi connectivity index (χ1n) is 8.73. The van der Waals surface area contributed by atoms with Crippen LogP contribution in [0, 0.1) is 20.8 Å². The minimum atomic E-state index is -0.282. The highest BCUT2D eigenvalue weighted by Crippen LogP contribution is 2.37. The molecule has 4 nitrogen and oxygen atoms in total. The fourth-order valence-corrected chi connectivity index (χ4v) is 3.51. The summed E-state index contributed by atoms with van der Waals surface area (Å²) in [4.78, 5) is 19.3. The van der Waals surface area contributed by atoms with Crippen molar-refractivity contribution in [1.82, 2.24) is 4.98 Å². The predicted octanol–water partition coefficient (Wildman–Crippen LogP) is 4.78. The van der Waals surface area contributed by atoms with E-state index in [0.717, 1.165) is 22.4 Å². The zero-order valence-electron chi connectivity index (χ0n) is 15.2. The van der Waals surface area contributed by atoms with Crippen molar-refractivity contribution < 1.29 is 4.79 Å². The van der Waals surface area contributed by atoms with Crippen LogP contribution in [0.15, 0.2) is 60.8 Å². The van der Waals surface area contributed by atoms with Crippen LogP contribution in [0.25, 0.3) is 0 Å². The number of nitrogens with one attached hydrogen (secondary N) is 1. The topological polar surface area (TPSA) is 45.2 Å². The van der Waals surface area contributed by atoms with E-state index in [0.29, 0.717) is 5.82 Å². The van der Waals surface area contributed by atoms with Gasteiger partial charge in [-0.25, -0.2) is 4.98 Å². The van der Waals surface area contributed by atoms with Gasteiger partial charge in [-0.2, -0.15) is 0 Å². The lowest BCUT2D eigenvalue weighted by Gasteiger charge is -2.26. The van der Waals surface area contributed by atoms with Crippen molar-refractivity contribution in [3.05, 3.63) is 88.6 Å². The fraction of sp³-hybridized carbons (Fsp3) is 0.182. The molecule has 2 aromatic carbocycles. The number of hydrogen-bond acceptors (Lipinski definition) is 3. The number of nitrogens with zero attached hydrogens (tertiary/aromatic N) is 2. The summed E-state index contributed by atoms with van der Waals surface area (Å²) >= 11 is 0. The quantitative estimate of drug-likeness (QED) is 0.744. The van der Waals surface area contributed by atoms with E-state index in [1.165, 1.54) is 11.1 Å². The SMILES string of the molecule is Cc1ccc(N2C(=O)c3ccccc3C2Nc2cc(C)cc(C)c2)nc1. The monoisotopic (exact) mass is 343 g/mol. The average Bonchev–Trinajstić information content (AvgIpc) is 2.88. The van der Waals surface area contributed by atoms with Crippen LogP contribution in [-0.2, 0) is 0 Å². The molecule has 4 rings (SSSR count). The van der Waals surface area contributed by atoms with Crippen LogP contribution in [0.2, 0.25) is 0 Å². The van der Waals surface area contributed by atoms with Gasteiger partial charge in [-0.1, -0.05) is 30.3 Å². The van der Waals surface area contributed by atoms with Crippen molar-refractivity contribution in [2.24, 2.45) is 0 Å². The number of benzene rings is 2. The zero-order valence-corrected chi connectivity index (χ0v) is 15.2. The van der Waals surface area contributed by atoms with Crippen molar-refractivity contribution in [3.63, 3.8) is 0 Å². The zero-order chi connectivity index (χ0) is 18.3. The van der Waals surface area contributed by atoms with Gasteiger partial charge in [-0.3, -0.25) is 9.69 Å². The van der Waals surface area contributed by atoms with E-state index in [1.54, 1.807) is 11.1 Å². The van der Waals surface area contributed by atoms with Crippen LogP contribution < -0.4 is 10.2 Å². The largest absolute Gasteiger partial charge is 0.361 e. The molecular weight excluding hydrogens is 322 g/mol. The normalized spacial score (nSPS) is 15.9. The van der Waals surface area contributed by atoms with Crippen LogP contribution >= 0.6 is 0 Å². The van der Waals surface area contributed by atoms with E-state index < -0.39 is 0 Å². The number of anilines is 2. The van der Waals surface area contributed by atoms with Crippen LogP contribution in [0.3, 0.4) is 0 Å². The molecule has 1 atom stereocenters. The number of aromatic nitrogens is 1. The molecule has 1 aliphatic rings. The lowest BCUT2D eigenvalue weighted by Crippen LogP contribution is -2.33. The summed E-state index contributed by atoms with van der Waals surface area (Å²) in [6.45, 7) is 6.14. The Hall–Kier alpha value is -3.14. The molecule has 1 N–H and O–H groups in total. The van der Waals surface area contributed by atoms with Gasteiger partial charge in [0.05, 0.1) is 0 Å². The number of pyridine rings is 1. The van der Waals surface area contributed by atoms with Crippen LogP contribution in [0.5, 0.6) is 0 Å². The molecule has 0 bridgehead atoms. The van der Waals surface area contributed by atoms with E-state index in [-0.39, 0.29) is 12.1 Å². The number of fused-ring (bicyclic) bond motifs is 1. The summed E-state index contributed by atoms with van der Waals surface area (Å²) in [6.07, 6.45) is 1.51. The van der Waals surface area contributed by atoms with E-state index in [4.69, 9.17) is 0 Å². The molecule has 1 amide bonds. The number of carbonyl (C=O) groups excluding carboxylic acids is 1. The number of hydrogen-bond donors (Lipinski definition) is 1. The van der Waals surface area contributed by atoms with E-state index >= 15 is 0 Å². The molecule has 1 aliphatic heterocycles. The minimum absolute atomic E-state index is 0.0289. The summed E-state index contributed by atoms with van der Waals surface area (Å²) in [7, 11) is 0. The molecule has 26 heavy (non-hydrogen) atoms. The van der Waals surface area contributed by atoms with Gasteiger partial charge in [0.2, 0.25) is 0 Å². The minimum Gasteiger partial charge on any atom is -0.361 e. The first kappa shape index (κ1) is 16.3. The standard InChI is InChI=1S/C22H21N3O/c1-14-8-9-20(23-13-14)25-21(18-6-4-5-7-19(18)22(25)26)24-17-11-15(2)10-16(3)12-17/h4-13,21,24H,1-3H3. The van der Waals surface area contributed by atoms with Gasteiger partial charge in [0.15, 0.2) is 0 Å².